The molecule has 0 bridgehead atoms. The van der Waals surface area contributed by atoms with Crippen LogP contribution in [0.3, 0.4) is 0 Å². The first-order chi connectivity index (χ1) is 11.7. The fourth-order valence-electron chi connectivity index (χ4n) is 2.71. The molecule has 2 rings (SSSR count). The van der Waals surface area contributed by atoms with E-state index in [0.717, 1.165) is 5.69 Å². The highest BCUT2D eigenvalue weighted by Crippen LogP contribution is 2.25. The fraction of sp³-hybridized carbons (Fsp3) is 0.750. The quantitative estimate of drug-likeness (QED) is 0.401. The van der Waals surface area contributed by atoms with Crippen LogP contribution in [-0.4, -0.2) is 66.4 Å². The zero-order valence-corrected chi connectivity index (χ0v) is 17.8. The average Bonchev–Trinajstić information content (AvgIpc) is 3.04. The number of alkyl halides is 3. The molecule has 1 unspecified atom stereocenters. The highest BCUT2D eigenvalue weighted by molar-refractivity contribution is 14.0. The van der Waals surface area contributed by atoms with Crippen LogP contribution < -0.4 is 5.32 Å². The van der Waals surface area contributed by atoms with Gasteiger partial charge in [-0.15, -0.1) is 24.0 Å². The Balaban J connectivity index is 0.00000338. The normalized spacial score (nSPS) is 18.0. The van der Waals surface area contributed by atoms with Gasteiger partial charge in [0.2, 0.25) is 0 Å². The van der Waals surface area contributed by atoms with Crippen molar-refractivity contribution in [1.82, 2.24) is 20.3 Å². The molecule has 1 atom stereocenters. The van der Waals surface area contributed by atoms with Crippen molar-refractivity contribution in [2.24, 2.45) is 4.99 Å². The fourth-order valence-corrected chi connectivity index (χ4v) is 2.71. The lowest BCUT2D eigenvalue weighted by atomic mass is 10.1. The molecule has 1 aliphatic heterocycles. The van der Waals surface area contributed by atoms with Gasteiger partial charge in [-0.3, -0.25) is 9.89 Å². The van der Waals surface area contributed by atoms with Crippen LogP contribution in [0, 0.1) is 0 Å². The second kappa shape index (κ2) is 9.77. The SMILES string of the molecule is CN=C(NCc1cc(C(C)C)no1)N1CCN(C(C)C(F)(F)F)CC1.I. The van der Waals surface area contributed by atoms with Gasteiger partial charge in [0.15, 0.2) is 11.7 Å². The van der Waals surface area contributed by atoms with E-state index in [-0.39, 0.29) is 24.0 Å². The molecular formula is C16H27F3IN5O. The third-order valence-electron chi connectivity index (χ3n) is 4.44. The molecule has 6 nitrogen and oxygen atoms in total. The standard InChI is InChI=1S/C16H26F3N5O.HI/c1-11(2)14-9-13(25-22-14)10-21-15(20-4)24-7-5-23(6-8-24)12(3)16(17,18)19;/h9,11-12H,5-8,10H2,1-4H3,(H,20,21);1H. The maximum Gasteiger partial charge on any atom is 0.403 e. The van der Waals surface area contributed by atoms with E-state index in [1.807, 2.05) is 24.8 Å². The maximum absolute atomic E-state index is 12.8. The molecular weight excluding hydrogens is 462 g/mol. The van der Waals surface area contributed by atoms with Gasteiger partial charge >= 0.3 is 6.18 Å². The molecule has 150 valence electrons. The minimum Gasteiger partial charge on any atom is -0.359 e. The van der Waals surface area contributed by atoms with Gasteiger partial charge in [-0.05, 0) is 12.8 Å². The summed E-state index contributed by atoms with van der Waals surface area (Å²) in [6, 6.07) is 0.474. The number of rotatable bonds is 4. The van der Waals surface area contributed by atoms with Crippen molar-refractivity contribution in [2.75, 3.05) is 33.2 Å². The Kier molecular flexibility index (Phi) is 8.64. The number of aliphatic imine (C=N–C) groups is 1. The summed E-state index contributed by atoms with van der Waals surface area (Å²) >= 11 is 0. The Bertz CT molecular complexity index is 583. The molecule has 2 heterocycles. The van der Waals surface area contributed by atoms with Gasteiger partial charge in [0.25, 0.3) is 0 Å². The van der Waals surface area contributed by atoms with Gasteiger partial charge in [-0.1, -0.05) is 19.0 Å². The first kappa shape index (κ1) is 23.0. The number of hydrogen-bond donors (Lipinski definition) is 1. The van der Waals surface area contributed by atoms with E-state index in [2.05, 4.69) is 15.5 Å². The van der Waals surface area contributed by atoms with Crippen LogP contribution in [0.4, 0.5) is 13.2 Å². The van der Waals surface area contributed by atoms with Crippen molar-refractivity contribution in [2.45, 2.75) is 45.5 Å². The highest BCUT2D eigenvalue weighted by atomic mass is 127. The van der Waals surface area contributed by atoms with Crippen LogP contribution in [0.5, 0.6) is 0 Å². The molecule has 0 amide bonds. The first-order valence-electron chi connectivity index (χ1n) is 8.44. The van der Waals surface area contributed by atoms with Crippen LogP contribution >= 0.6 is 24.0 Å². The topological polar surface area (TPSA) is 56.9 Å². The number of aromatic nitrogens is 1. The van der Waals surface area contributed by atoms with E-state index >= 15 is 0 Å². The van der Waals surface area contributed by atoms with Gasteiger partial charge in [0.1, 0.15) is 6.04 Å². The number of nitrogens with zero attached hydrogens (tertiary/aromatic N) is 4. The summed E-state index contributed by atoms with van der Waals surface area (Å²) in [5, 5.41) is 7.19. The summed E-state index contributed by atoms with van der Waals surface area (Å²) < 4.78 is 43.7. The third kappa shape index (κ3) is 6.00. The zero-order chi connectivity index (χ0) is 18.6. The number of hydrogen-bond acceptors (Lipinski definition) is 4. The molecule has 0 radical (unpaired) electrons. The average molecular weight is 489 g/mol. The smallest absolute Gasteiger partial charge is 0.359 e. The summed E-state index contributed by atoms with van der Waals surface area (Å²) in [6.45, 7) is 7.40. The molecule has 10 heteroatoms. The monoisotopic (exact) mass is 489 g/mol. The molecule has 1 N–H and O–H groups in total. The number of guanidine groups is 1. The molecule has 0 spiro atoms. The summed E-state index contributed by atoms with van der Waals surface area (Å²) in [4.78, 5) is 7.63. The number of piperazine rings is 1. The molecule has 1 fully saturated rings. The molecule has 1 aromatic rings. The Morgan fingerprint density at radius 2 is 1.88 bits per heavy atom. The van der Waals surface area contributed by atoms with E-state index in [1.165, 1.54) is 11.8 Å². The van der Waals surface area contributed by atoms with Crippen LogP contribution in [0.15, 0.2) is 15.6 Å². The minimum absolute atomic E-state index is 0. The summed E-state index contributed by atoms with van der Waals surface area (Å²) in [6.07, 6.45) is -4.19. The molecule has 0 aliphatic carbocycles. The summed E-state index contributed by atoms with van der Waals surface area (Å²) in [5.74, 6) is 1.65. The van der Waals surface area contributed by atoms with Crippen molar-refractivity contribution in [3.8, 4) is 0 Å². The summed E-state index contributed by atoms with van der Waals surface area (Å²) in [5.41, 5.74) is 0.890. The molecule has 1 aliphatic rings. The molecule has 1 aromatic heterocycles. The lowest BCUT2D eigenvalue weighted by Crippen LogP contribution is -2.56. The Morgan fingerprint density at radius 1 is 1.27 bits per heavy atom. The Labute approximate surface area is 169 Å². The van der Waals surface area contributed by atoms with E-state index in [0.29, 0.717) is 50.4 Å². The van der Waals surface area contributed by atoms with Crippen LogP contribution in [0.2, 0.25) is 0 Å². The number of halogens is 4. The maximum atomic E-state index is 12.8. The van der Waals surface area contributed by atoms with Gasteiger partial charge in [0, 0.05) is 39.3 Å². The predicted molar refractivity (Wildman–Crippen MR) is 105 cm³/mol. The first-order valence-corrected chi connectivity index (χ1v) is 8.44. The van der Waals surface area contributed by atoms with Crippen LogP contribution in [0.25, 0.3) is 0 Å². The Morgan fingerprint density at radius 3 is 2.35 bits per heavy atom. The minimum atomic E-state index is -4.19. The van der Waals surface area contributed by atoms with Crippen molar-refractivity contribution >= 4 is 29.9 Å². The van der Waals surface area contributed by atoms with Gasteiger partial charge in [-0.2, -0.15) is 13.2 Å². The largest absolute Gasteiger partial charge is 0.403 e. The summed E-state index contributed by atoms with van der Waals surface area (Å²) in [7, 11) is 1.66. The van der Waals surface area contributed by atoms with Crippen molar-refractivity contribution in [3.63, 3.8) is 0 Å². The highest BCUT2D eigenvalue weighted by Gasteiger charge is 2.41. The molecule has 1 saturated heterocycles. The Hall–Kier alpha value is -1.04. The van der Waals surface area contributed by atoms with Crippen LogP contribution in [0.1, 0.15) is 38.1 Å². The van der Waals surface area contributed by atoms with Crippen LogP contribution in [-0.2, 0) is 6.54 Å². The van der Waals surface area contributed by atoms with Crippen molar-refractivity contribution in [3.05, 3.63) is 17.5 Å². The van der Waals surface area contributed by atoms with E-state index in [4.69, 9.17) is 4.52 Å². The van der Waals surface area contributed by atoms with Gasteiger partial charge < -0.3 is 14.7 Å². The van der Waals surface area contributed by atoms with Gasteiger partial charge in [-0.25, -0.2) is 0 Å². The number of nitrogens with one attached hydrogen (secondary N) is 1. The van der Waals surface area contributed by atoms with Gasteiger partial charge in [0.05, 0.1) is 12.2 Å². The lowest BCUT2D eigenvalue weighted by Gasteiger charge is -2.39. The third-order valence-corrected chi connectivity index (χ3v) is 4.44. The molecule has 0 aromatic carbocycles. The molecule has 0 saturated carbocycles. The van der Waals surface area contributed by atoms with Crippen molar-refractivity contribution in [1.29, 1.82) is 0 Å². The molecule has 26 heavy (non-hydrogen) atoms. The second-order valence-electron chi connectivity index (χ2n) is 6.51. The van der Waals surface area contributed by atoms with E-state index in [9.17, 15) is 13.2 Å². The second-order valence-corrected chi connectivity index (χ2v) is 6.51. The zero-order valence-electron chi connectivity index (χ0n) is 15.5. The van der Waals surface area contributed by atoms with E-state index < -0.39 is 12.2 Å². The van der Waals surface area contributed by atoms with E-state index in [1.54, 1.807) is 7.05 Å². The lowest BCUT2D eigenvalue weighted by molar-refractivity contribution is -0.181. The van der Waals surface area contributed by atoms with Crippen molar-refractivity contribution < 1.29 is 17.7 Å². The predicted octanol–water partition coefficient (Wildman–Crippen LogP) is 3.06.